The van der Waals surface area contributed by atoms with E-state index in [2.05, 4.69) is 15.6 Å². The summed E-state index contributed by atoms with van der Waals surface area (Å²) in [6, 6.07) is 8.44. The van der Waals surface area contributed by atoms with Crippen LogP contribution in [0.1, 0.15) is 47.8 Å². The normalized spacial score (nSPS) is 25.7. The maximum absolute atomic E-state index is 12.5. The number of nitrogens with zero attached hydrogens (tertiary/aromatic N) is 3. The maximum atomic E-state index is 12.5. The molecule has 2 aliphatic rings. The van der Waals surface area contributed by atoms with E-state index < -0.39 is 0 Å². The van der Waals surface area contributed by atoms with Crippen LogP contribution in [0.15, 0.2) is 30.5 Å². The van der Waals surface area contributed by atoms with Crippen LogP contribution in [0.25, 0.3) is 0 Å². The first-order chi connectivity index (χ1) is 12.2. The number of nitrogens with two attached hydrogens (primary N) is 1. The summed E-state index contributed by atoms with van der Waals surface area (Å²) in [6.07, 6.45) is 6.46. The lowest BCUT2D eigenvalue weighted by Crippen LogP contribution is -2.42. The second-order valence-corrected chi connectivity index (χ2v) is 6.95. The highest BCUT2D eigenvalue weighted by Gasteiger charge is 2.25. The fourth-order valence-corrected chi connectivity index (χ4v) is 3.61. The summed E-state index contributed by atoms with van der Waals surface area (Å²) < 4.78 is 7.53. The standard InChI is InChI=1S/C18H23N5O2/c19-13-5-7-15(8-6-13)23-10-16(21-22-23)18(24)20-14-9-12-3-1-2-4-17(12)25-11-14/h1-4,10,13-15H,5-9,11,19H2,(H,20,24)/t13?,14-,15?/m1/s1. The molecule has 1 aromatic heterocycles. The molecular weight excluding hydrogens is 318 g/mol. The van der Waals surface area contributed by atoms with Gasteiger partial charge in [0.15, 0.2) is 5.69 Å². The molecule has 3 N–H and O–H groups in total. The third kappa shape index (κ3) is 3.51. The maximum Gasteiger partial charge on any atom is 0.273 e. The van der Waals surface area contributed by atoms with Crippen molar-refractivity contribution in [3.63, 3.8) is 0 Å². The summed E-state index contributed by atoms with van der Waals surface area (Å²) in [5.41, 5.74) is 7.41. The molecule has 1 amide bonds. The Morgan fingerprint density at radius 1 is 1.24 bits per heavy atom. The van der Waals surface area contributed by atoms with Crippen LogP contribution in [-0.2, 0) is 6.42 Å². The third-order valence-corrected chi connectivity index (χ3v) is 5.07. The second kappa shape index (κ2) is 6.84. The zero-order valence-corrected chi connectivity index (χ0v) is 14.1. The summed E-state index contributed by atoms with van der Waals surface area (Å²) >= 11 is 0. The van der Waals surface area contributed by atoms with Gasteiger partial charge < -0.3 is 15.8 Å². The fourth-order valence-electron chi connectivity index (χ4n) is 3.61. The van der Waals surface area contributed by atoms with Gasteiger partial charge in [0.25, 0.3) is 5.91 Å². The number of ether oxygens (including phenoxy) is 1. The number of benzene rings is 1. The molecule has 1 aliphatic heterocycles. The highest BCUT2D eigenvalue weighted by Crippen LogP contribution is 2.27. The van der Waals surface area contributed by atoms with Crippen molar-refractivity contribution < 1.29 is 9.53 Å². The Hall–Kier alpha value is -2.41. The quantitative estimate of drug-likeness (QED) is 0.881. The molecule has 132 valence electrons. The lowest BCUT2D eigenvalue weighted by molar-refractivity contribution is 0.0910. The average molecular weight is 341 g/mol. The van der Waals surface area contributed by atoms with Crippen LogP contribution in [0.3, 0.4) is 0 Å². The minimum atomic E-state index is -0.202. The van der Waals surface area contributed by atoms with Gasteiger partial charge >= 0.3 is 0 Å². The molecule has 25 heavy (non-hydrogen) atoms. The predicted molar refractivity (Wildman–Crippen MR) is 92.4 cm³/mol. The lowest BCUT2D eigenvalue weighted by atomic mass is 9.92. The summed E-state index contributed by atoms with van der Waals surface area (Å²) in [4.78, 5) is 12.5. The molecule has 0 unspecified atom stereocenters. The number of nitrogens with one attached hydrogen (secondary N) is 1. The van der Waals surface area contributed by atoms with Gasteiger partial charge in [-0.3, -0.25) is 4.79 Å². The molecule has 0 saturated heterocycles. The first kappa shape index (κ1) is 16.1. The minimum Gasteiger partial charge on any atom is -0.491 e. The molecule has 0 bridgehead atoms. The van der Waals surface area contributed by atoms with Gasteiger partial charge in [-0.2, -0.15) is 0 Å². The molecule has 2 heterocycles. The van der Waals surface area contributed by atoms with Gasteiger partial charge in [-0.05, 0) is 43.7 Å². The molecule has 1 saturated carbocycles. The molecule has 7 heteroatoms. The first-order valence-electron chi connectivity index (χ1n) is 8.88. The highest BCUT2D eigenvalue weighted by atomic mass is 16.5. The molecule has 7 nitrogen and oxygen atoms in total. The first-order valence-corrected chi connectivity index (χ1v) is 8.88. The van der Waals surface area contributed by atoms with Crippen molar-refractivity contribution in [2.75, 3.05) is 6.61 Å². The van der Waals surface area contributed by atoms with E-state index in [1.807, 2.05) is 28.9 Å². The molecular formula is C18H23N5O2. The summed E-state index contributed by atoms with van der Waals surface area (Å²) in [7, 11) is 0. The van der Waals surface area contributed by atoms with Gasteiger partial charge in [-0.1, -0.05) is 23.4 Å². The van der Waals surface area contributed by atoms with Gasteiger partial charge in [0.1, 0.15) is 12.4 Å². The van der Waals surface area contributed by atoms with Crippen LogP contribution in [0.2, 0.25) is 0 Å². The molecule has 2 aromatic rings. The van der Waals surface area contributed by atoms with Crippen LogP contribution in [0.5, 0.6) is 5.75 Å². The van der Waals surface area contributed by atoms with Crippen LogP contribution >= 0.6 is 0 Å². The number of carbonyl (C=O) groups is 1. The zero-order chi connectivity index (χ0) is 17.2. The second-order valence-electron chi connectivity index (χ2n) is 6.95. The van der Waals surface area contributed by atoms with Crippen LogP contribution in [-0.4, -0.2) is 39.6 Å². The van der Waals surface area contributed by atoms with Gasteiger partial charge in [-0.15, -0.1) is 5.10 Å². The Balaban J connectivity index is 1.37. The van der Waals surface area contributed by atoms with E-state index in [1.165, 1.54) is 0 Å². The number of hydrogen-bond acceptors (Lipinski definition) is 5. The van der Waals surface area contributed by atoms with E-state index in [9.17, 15) is 4.79 Å². The Labute approximate surface area is 146 Å². The minimum absolute atomic E-state index is 0.0553. The number of hydrogen-bond donors (Lipinski definition) is 2. The van der Waals surface area contributed by atoms with Crippen molar-refractivity contribution in [2.45, 2.75) is 50.2 Å². The Morgan fingerprint density at radius 2 is 2.04 bits per heavy atom. The molecule has 0 radical (unpaired) electrons. The molecule has 4 rings (SSSR count). The smallest absolute Gasteiger partial charge is 0.273 e. The van der Waals surface area contributed by atoms with Crippen molar-refractivity contribution in [1.82, 2.24) is 20.3 Å². The van der Waals surface area contributed by atoms with E-state index in [0.717, 1.165) is 43.4 Å². The number of amides is 1. The Bertz CT molecular complexity index is 751. The number of carbonyl (C=O) groups excluding carboxylic acids is 1. The van der Waals surface area contributed by atoms with Crippen molar-refractivity contribution in [3.8, 4) is 5.75 Å². The van der Waals surface area contributed by atoms with Crippen LogP contribution in [0.4, 0.5) is 0 Å². The van der Waals surface area contributed by atoms with E-state index in [1.54, 1.807) is 6.20 Å². The third-order valence-electron chi connectivity index (χ3n) is 5.07. The molecule has 1 aromatic carbocycles. The number of rotatable bonds is 3. The molecule has 1 aliphatic carbocycles. The summed E-state index contributed by atoms with van der Waals surface area (Å²) in [6.45, 7) is 0.470. The van der Waals surface area contributed by atoms with E-state index in [0.29, 0.717) is 18.3 Å². The fraction of sp³-hybridized carbons (Fsp3) is 0.500. The van der Waals surface area contributed by atoms with Crippen LogP contribution in [0, 0.1) is 0 Å². The molecule has 1 atom stereocenters. The Morgan fingerprint density at radius 3 is 2.88 bits per heavy atom. The zero-order valence-electron chi connectivity index (χ0n) is 14.1. The monoisotopic (exact) mass is 341 g/mol. The Kier molecular flexibility index (Phi) is 4.40. The topological polar surface area (TPSA) is 95.1 Å². The van der Waals surface area contributed by atoms with Crippen molar-refractivity contribution in [3.05, 3.63) is 41.7 Å². The van der Waals surface area contributed by atoms with Gasteiger partial charge in [0.2, 0.25) is 0 Å². The lowest BCUT2D eigenvalue weighted by Gasteiger charge is -2.26. The van der Waals surface area contributed by atoms with Crippen molar-refractivity contribution in [2.24, 2.45) is 5.73 Å². The van der Waals surface area contributed by atoms with Crippen LogP contribution < -0.4 is 15.8 Å². The number of fused-ring (bicyclic) bond motifs is 1. The number of para-hydroxylation sites is 1. The van der Waals surface area contributed by atoms with Gasteiger partial charge in [0, 0.05) is 6.04 Å². The van der Waals surface area contributed by atoms with Gasteiger partial charge in [0.05, 0.1) is 18.3 Å². The number of aromatic nitrogens is 3. The molecule has 0 spiro atoms. The highest BCUT2D eigenvalue weighted by molar-refractivity contribution is 5.92. The van der Waals surface area contributed by atoms with E-state index in [-0.39, 0.29) is 18.0 Å². The predicted octanol–water partition coefficient (Wildman–Crippen LogP) is 1.45. The SMILES string of the molecule is NC1CCC(n2cc(C(=O)N[C@H]3COc4ccccc4C3)nn2)CC1. The summed E-state index contributed by atoms with van der Waals surface area (Å²) in [5.74, 6) is 0.696. The summed E-state index contributed by atoms with van der Waals surface area (Å²) in [5, 5.41) is 11.2. The average Bonchev–Trinajstić information content (AvgIpc) is 3.12. The van der Waals surface area contributed by atoms with Gasteiger partial charge in [-0.25, -0.2) is 4.68 Å². The molecule has 1 fully saturated rings. The van der Waals surface area contributed by atoms with E-state index >= 15 is 0 Å². The largest absolute Gasteiger partial charge is 0.491 e. The van der Waals surface area contributed by atoms with Crippen molar-refractivity contribution in [1.29, 1.82) is 0 Å². The van der Waals surface area contributed by atoms with E-state index in [4.69, 9.17) is 10.5 Å². The van der Waals surface area contributed by atoms with Crippen molar-refractivity contribution >= 4 is 5.91 Å².